The SMILES string of the molecule is C=CC(=O)Nc1cc(Nc2ncc(-n3ccnn3)c(-c3cn(C)c4ccccc34)n2)c(OC)cc1N(C)C1[C@H]2CN(C)C[C@@H]12. The van der Waals surface area contributed by atoms with Gasteiger partial charge in [0.05, 0.1) is 42.8 Å². The van der Waals surface area contributed by atoms with Gasteiger partial charge in [-0.25, -0.2) is 14.6 Å². The lowest BCUT2D eigenvalue weighted by Gasteiger charge is -2.27. The fourth-order valence-corrected chi connectivity index (χ4v) is 6.64. The highest BCUT2D eigenvalue weighted by molar-refractivity contribution is 6.02. The predicted molar refractivity (Wildman–Crippen MR) is 171 cm³/mol. The fourth-order valence-electron chi connectivity index (χ4n) is 6.64. The zero-order valence-corrected chi connectivity index (χ0v) is 25.1. The first-order chi connectivity index (χ1) is 21.4. The summed E-state index contributed by atoms with van der Waals surface area (Å²) in [5, 5.41) is 15.6. The quantitative estimate of drug-likeness (QED) is 0.245. The first-order valence-electron chi connectivity index (χ1n) is 14.5. The molecule has 5 aromatic rings. The van der Waals surface area contributed by atoms with Crippen LogP contribution in [0, 0.1) is 11.8 Å². The number of aromatic nitrogens is 6. The molecule has 2 N–H and O–H groups in total. The van der Waals surface area contributed by atoms with Gasteiger partial charge in [0.25, 0.3) is 0 Å². The molecule has 1 aliphatic heterocycles. The zero-order valence-electron chi connectivity index (χ0n) is 25.1. The highest BCUT2D eigenvalue weighted by atomic mass is 16.5. The van der Waals surface area contributed by atoms with Crippen LogP contribution in [0.4, 0.5) is 23.0 Å². The van der Waals surface area contributed by atoms with Crippen molar-refractivity contribution in [3.8, 4) is 22.7 Å². The van der Waals surface area contributed by atoms with E-state index >= 15 is 0 Å². The monoisotopic (exact) mass is 590 g/mol. The number of aryl methyl sites for hydroxylation is 1. The Bertz CT molecular complexity index is 1870. The van der Waals surface area contributed by atoms with Crippen molar-refractivity contribution in [2.45, 2.75) is 6.04 Å². The molecule has 3 atom stereocenters. The minimum Gasteiger partial charge on any atom is -0.494 e. The third kappa shape index (κ3) is 4.73. The summed E-state index contributed by atoms with van der Waals surface area (Å²) in [6.07, 6.45) is 8.42. The number of carbonyl (C=O) groups excluding carboxylic acids is 1. The maximum absolute atomic E-state index is 12.5. The van der Waals surface area contributed by atoms with E-state index in [0.29, 0.717) is 52.3 Å². The van der Waals surface area contributed by atoms with Gasteiger partial charge in [-0.2, -0.15) is 0 Å². The topological polar surface area (TPSA) is 118 Å². The molecule has 1 saturated heterocycles. The van der Waals surface area contributed by atoms with Gasteiger partial charge in [-0.05, 0) is 37.1 Å². The third-order valence-electron chi connectivity index (χ3n) is 8.76. The third-order valence-corrected chi connectivity index (χ3v) is 8.76. The Morgan fingerprint density at radius 1 is 1.16 bits per heavy atom. The average Bonchev–Trinajstić information content (AvgIpc) is 3.44. The summed E-state index contributed by atoms with van der Waals surface area (Å²) < 4.78 is 9.58. The first-order valence-corrected chi connectivity index (χ1v) is 14.5. The van der Waals surface area contributed by atoms with Gasteiger partial charge < -0.3 is 29.7 Å². The Kier molecular flexibility index (Phi) is 6.77. The normalized spacial score (nSPS) is 19.0. The van der Waals surface area contributed by atoms with Crippen LogP contribution in [0.3, 0.4) is 0 Å². The van der Waals surface area contributed by atoms with E-state index in [9.17, 15) is 4.79 Å². The molecule has 12 heteroatoms. The van der Waals surface area contributed by atoms with Crippen LogP contribution in [0.1, 0.15) is 0 Å². The molecule has 3 aromatic heterocycles. The van der Waals surface area contributed by atoms with E-state index in [-0.39, 0.29) is 5.91 Å². The van der Waals surface area contributed by atoms with E-state index in [1.165, 1.54) is 6.08 Å². The molecule has 0 radical (unpaired) electrons. The molecule has 12 nitrogen and oxygen atoms in total. The second-order valence-electron chi connectivity index (χ2n) is 11.5. The second kappa shape index (κ2) is 10.8. The van der Waals surface area contributed by atoms with Crippen LogP contribution in [0.25, 0.3) is 27.8 Å². The van der Waals surface area contributed by atoms with Crippen molar-refractivity contribution >= 4 is 39.8 Å². The summed E-state index contributed by atoms with van der Waals surface area (Å²) in [4.78, 5) is 26.8. The second-order valence-corrected chi connectivity index (χ2v) is 11.5. The lowest BCUT2D eigenvalue weighted by Crippen LogP contribution is -2.31. The Morgan fingerprint density at radius 2 is 1.95 bits per heavy atom. The first kappa shape index (κ1) is 27.6. The van der Waals surface area contributed by atoms with Crippen LogP contribution < -0.4 is 20.3 Å². The Hall–Kier alpha value is -5.23. The number of amides is 1. The van der Waals surface area contributed by atoms with E-state index in [1.54, 1.807) is 30.4 Å². The molecule has 1 saturated carbocycles. The average molecular weight is 591 g/mol. The zero-order chi connectivity index (χ0) is 30.5. The largest absolute Gasteiger partial charge is 0.494 e. The van der Waals surface area contributed by atoms with Gasteiger partial charge in [0.2, 0.25) is 11.9 Å². The number of methoxy groups -OCH3 is 1. The van der Waals surface area contributed by atoms with E-state index in [0.717, 1.165) is 35.2 Å². The maximum Gasteiger partial charge on any atom is 0.247 e. The number of fused-ring (bicyclic) bond motifs is 2. The van der Waals surface area contributed by atoms with Crippen molar-refractivity contribution < 1.29 is 9.53 Å². The number of nitrogens with zero attached hydrogens (tertiary/aromatic N) is 8. The van der Waals surface area contributed by atoms with Crippen molar-refractivity contribution in [3.63, 3.8) is 0 Å². The molecule has 0 bridgehead atoms. The number of carbonyl (C=O) groups is 1. The maximum atomic E-state index is 12.5. The Labute approximate surface area is 255 Å². The number of rotatable bonds is 9. The number of hydrogen-bond acceptors (Lipinski definition) is 9. The van der Waals surface area contributed by atoms with Gasteiger partial charge in [-0.15, -0.1) is 5.10 Å². The fraction of sp³-hybridized carbons (Fsp3) is 0.281. The molecular weight excluding hydrogens is 556 g/mol. The van der Waals surface area contributed by atoms with Crippen molar-refractivity contribution in [2.75, 3.05) is 49.8 Å². The van der Waals surface area contributed by atoms with Gasteiger partial charge >= 0.3 is 0 Å². The Morgan fingerprint density at radius 3 is 2.68 bits per heavy atom. The van der Waals surface area contributed by atoms with Crippen molar-refractivity contribution in [3.05, 3.63) is 73.8 Å². The number of para-hydroxylation sites is 1. The summed E-state index contributed by atoms with van der Waals surface area (Å²) in [5.41, 5.74) is 5.52. The summed E-state index contributed by atoms with van der Waals surface area (Å²) in [6, 6.07) is 12.4. The van der Waals surface area contributed by atoms with Crippen LogP contribution in [-0.2, 0) is 11.8 Å². The molecule has 2 fully saturated rings. The van der Waals surface area contributed by atoms with Gasteiger partial charge in [0, 0.05) is 62.0 Å². The summed E-state index contributed by atoms with van der Waals surface area (Å²) in [7, 11) is 7.88. The minimum atomic E-state index is -0.293. The predicted octanol–water partition coefficient (Wildman–Crippen LogP) is 4.09. The lowest BCUT2D eigenvalue weighted by atomic mass is 10.1. The number of ether oxygens (including phenoxy) is 1. The van der Waals surface area contributed by atoms with Gasteiger partial charge in [-0.3, -0.25) is 4.79 Å². The molecule has 224 valence electrons. The van der Waals surface area contributed by atoms with Crippen LogP contribution in [0.15, 0.2) is 73.8 Å². The van der Waals surface area contributed by atoms with Gasteiger partial charge in [-0.1, -0.05) is 30.0 Å². The summed E-state index contributed by atoms with van der Waals surface area (Å²) in [6.45, 7) is 5.79. The standard InChI is InChI=1S/C32H34N10O2/c1-6-29(43)35-23-13-24(28(44-5)14-26(23)41(4)31-21-16-39(2)17-22(21)31)36-32-33-15-27(42-12-11-34-38-42)30(37-32)20-18-40(3)25-10-8-7-9-19(20)25/h6-15,18,21-22,31H,1,16-17H2,2-5H3,(H,35,43)(H,33,36,37)/t21-,22+,31?. The molecule has 44 heavy (non-hydrogen) atoms. The molecule has 2 aromatic carbocycles. The highest BCUT2D eigenvalue weighted by Gasteiger charge is 2.57. The van der Waals surface area contributed by atoms with E-state index < -0.39 is 0 Å². The van der Waals surface area contributed by atoms with Gasteiger partial charge in [0.15, 0.2) is 0 Å². The van der Waals surface area contributed by atoms with Crippen LogP contribution >= 0.6 is 0 Å². The van der Waals surface area contributed by atoms with E-state index in [4.69, 9.17) is 9.72 Å². The molecule has 1 unspecified atom stereocenters. The van der Waals surface area contributed by atoms with Gasteiger partial charge in [0.1, 0.15) is 17.1 Å². The number of benzene rings is 2. The smallest absolute Gasteiger partial charge is 0.247 e. The molecule has 4 heterocycles. The number of piperidine rings is 1. The van der Waals surface area contributed by atoms with Crippen molar-refractivity contribution in [2.24, 2.45) is 18.9 Å². The lowest BCUT2D eigenvalue weighted by molar-refractivity contribution is -0.111. The molecular formula is C32H34N10O2. The molecule has 7 rings (SSSR count). The highest BCUT2D eigenvalue weighted by Crippen LogP contribution is 2.51. The van der Waals surface area contributed by atoms with E-state index in [2.05, 4.69) is 79.3 Å². The summed E-state index contributed by atoms with van der Waals surface area (Å²) >= 11 is 0. The molecule has 1 aliphatic carbocycles. The molecule has 2 aliphatic rings. The van der Waals surface area contributed by atoms with Crippen molar-refractivity contribution in [1.82, 2.24) is 34.4 Å². The number of nitrogens with one attached hydrogen (secondary N) is 2. The molecule has 0 spiro atoms. The summed E-state index contributed by atoms with van der Waals surface area (Å²) in [5.74, 6) is 1.89. The van der Waals surface area contributed by atoms with Crippen LogP contribution in [0.5, 0.6) is 5.75 Å². The van der Waals surface area contributed by atoms with Crippen molar-refractivity contribution in [1.29, 1.82) is 0 Å². The van der Waals surface area contributed by atoms with Crippen LogP contribution in [0.2, 0.25) is 0 Å². The van der Waals surface area contributed by atoms with E-state index in [1.807, 2.05) is 31.3 Å². The number of hydrogen-bond donors (Lipinski definition) is 2. The number of anilines is 4. The van der Waals surface area contributed by atoms with Crippen LogP contribution in [-0.4, -0.2) is 80.7 Å². The Balaban J connectivity index is 1.29. The number of likely N-dealkylation sites (tertiary alicyclic amines) is 1. The molecule has 1 amide bonds. The minimum absolute atomic E-state index is 0.293.